The Balaban J connectivity index is 1.78. The largest absolute Gasteiger partial charge is 0.494 e. The minimum Gasteiger partial charge on any atom is -0.494 e. The number of ether oxygens (including phenoxy) is 1. The molecule has 3 heterocycles. The lowest BCUT2D eigenvalue weighted by molar-refractivity contribution is 0.340. The monoisotopic (exact) mass is 372 g/mol. The van der Waals surface area contributed by atoms with Gasteiger partial charge in [0, 0.05) is 21.4 Å². The Kier molecular flexibility index (Phi) is 4.22. The Hall–Kier alpha value is -1.95. The smallest absolute Gasteiger partial charge is 0.162 e. The van der Waals surface area contributed by atoms with E-state index in [1.165, 1.54) is 4.88 Å². The van der Waals surface area contributed by atoms with E-state index in [1.807, 2.05) is 37.3 Å². The van der Waals surface area contributed by atoms with Gasteiger partial charge in [0.15, 0.2) is 5.82 Å². The molecule has 0 saturated heterocycles. The maximum absolute atomic E-state index is 6.49. The van der Waals surface area contributed by atoms with Crippen LogP contribution in [0.25, 0.3) is 32.0 Å². The van der Waals surface area contributed by atoms with Crippen LogP contribution in [0.5, 0.6) is 5.75 Å². The van der Waals surface area contributed by atoms with Crippen LogP contribution in [-0.2, 0) is 0 Å². The number of benzene rings is 1. The summed E-state index contributed by atoms with van der Waals surface area (Å²) in [5.41, 5.74) is 2.03. The van der Waals surface area contributed by atoms with E-state index in [-0.39, 0.29) is 0 Å². The second-order valence-corrected chi connectivity index (χ2v) is 7.27. The molecule has 3 aromatic heterocycles. The molecule has 0 radical (unpaired) electrons. The summed E-state index contributed by atoms with van der Waals surface area (Å²) in [4.78, 5) is 11.3. The normalized spacial score (nSPS) is 11.1. The van der Waals surface area contributed by atoms with Crippen molar-refractivity contribution in [3.05, 3.63) is 52.3 Å². The van der Waals surface area contributed by atoms with E-state index in [2.05, 4.69) is 21.8 Å². The van der Waals surface area contributed by atoms with Crippen LogP contribution in [0.1, 0.15) is 6.92 Å². The first-order valence-corrected chi connectivity index (χ1v) is 9.62. The van der Waals surface area contributed by atoms with Crippen molar-refractivity contribution in [2.24, 2.45) is 0 Å². The lowest BCUT2D eigenvalue weighted by Crippen LogP contribution is -1.93. The number of halogens is 1. The van der Waals surface area contributed by atoms with Crippen LogP contribution in [0.3, 0.4) is 0 Å². The highest BCUT2D eigenvalue weighted by Crippen LogP contribution is 2.39. The lowest BCUT2D eigenvalue weighted by Gasteiger charge is -2.05. The Labute approximate surface area is 152 Å². The molecule has 4 aromatic rings. The molecule has 0 unspecified atom stereocenters. The molecule has 0 aliphatic heterocycles. The number of fused-ring (bicyclic) bond motifs is 1. The molecule has 3 nitrogen and oxygen atoms in total. The van der Waals surface area contributed by atoms with Gasteiger partial charge in [-0.25, -0.2) is 9.97 Å². The number of hydrogen-bond donors (Lipinski definition) is 0. The molecule has 0 bridgehead atoms. The zero-order valence-electron chi connectivity index (χ0n) is 12.8. The summed E-state index contributed by atoms with van der Waals surface area (Å²) in [6.07, 6.45) is 0. The average Bonchev–Trinajstić information content (AvgIpc) is 3.25. The maximum Gasteiger partial charge on any atom is 0.162 e. The Morgan fingerprint density at radius 1 is 1.08 bits per heavy atom. The summed E-state index contributed by atoms with van der Waals surface area (Å²) in [5, 5.41) is 5.58. The Bertz CT molecular complexity index is 978. The van der Waals surface area contributed by atoms with Crippen molar-refractivity contribution in [2.75, 3.05) is 6.61 Å². The van der Waals surface area contributed by atoms with Gasteiger partial charge in [0.2, 0.25) is 0 Å². The van der Waals surface area contributed by atoms with Crippen molar-refractivity contribution in [3.8, 4) is 27.6 Å². The van der Waals surface area contributed by atoms with Gasteiger partial charge in [-0.2, -0.15) is 0 Å². The highest BCUT2D eigenvalue weighted by molar-refractivity contribution is 7.18. The molecule has 0 aliphatic rings. The number of hydrogen-bond acceptors (Lipinski definition) is 5. The van der Waals surface area contributed by atoms with E-state index < -0.39 is 0 Å². The first-order valence-electron chi connectivity index (χ1n) is 7.48. The van der Waals surface area contributed by atoms with Crippen molar-refractivity contribution >= 4 is 44.5 Å². The van der Waals surface area contributed by atoms with E-state index in [4.69, 9.17) is 21.3 Å². The molecule has 1 aromatic carbocycles. The van der Waals surface area contributed by atoms with Crippen molar-refractivity contribution in [1.29, 1.82) is 0 Å². The van der Waals surface area contributed by atoms with Gasteiger partial charge in [-0.3, -0.25) is 0 Å². The summed E-state index contributed by atoms with van der Waals surface area (Å²) in [6.45, 7) is 2.61. The fraction of sp³-hybridized carbons (Fsp3) is 0.111. The number of rotatable bonds is 4. The second-order valence-electron chi connectivity index (χ2n) is 5.10. The SMILES string of the molecule is CCOc1ccc(-c2nc(Cl)c3c(-c4cccs4)csc3n2)cc1. The standard InChI is InChI=1S/C18H13ClN2OS2/c1-2-22-12-7-5-11(6-8-12)17-20-16(19)15-13(10-24-18(15)21-17)14-4-3-9-23-14/h3-10H,2H2,1H3. The summed E-state index contributed by atoms with van der Waals surface area (Å²) in [6, 6.07) is 11.9. The van der Waals surface area contributed by atoms with Gasteiger partial charge in [-0.1, -0.05) is 17.7 Å². The molecule has 24 heavy (non-hydrogen) atoms. The van der Waals surface area contributed by atoms with E-state index in [9.17, 15) is 0 Å². The average molecular weight is 373 g/mol. The highest BCUT2D eigenvalue weighted by Gasteiger charge is 2.15. The van der Waals surface area contributed by atoms with Gasteiger partial charge >= 0.3 is 0 Å². The topological polar surface area (TPSA) is 35.0 Å². The molecule has 6 heteroatoms. The third-order valence-corrected chi connectivity index (χ3v) is 5.65. The molecular formula is C18H13ClN2OS2. The van der Waals surface area contributed by atoms with Crippen LogP contribution in [-0.4, -0.2) is 16.6 Å². The van der Waals surface area contributed by atoms with Crippen LogP contribution >= 0.6 is 34.3 Å². The van der Waals surface area contributed by atoms with Gasteiger partial charge in [0.05, 0.1) is 12.0 Å². The zero-order chi connectivity index (χ0) is 16.5. The molecule has 0 fully saturated rings. The van der Waals surface area contributed by atoms with E-state index in [0.717, 1.165) is 27.1 Å². The molecule has 0 saturated carbocycles. The van der Waals surface area contributed by atoms with E-state index >= 15 is 0 Å². The van der Waals surface area contributed by atoms with Gasteiger partial charge in [0.25, 0.3) is 0 Å². The van der Waals surface area contributed by atoms with Crippen molar-refractivity contribution in [2.45, 2.75) is 6.92 Å². The van der Waals surface area contributed by atoms with Crippen LogP contribution in [0, 0.1) is 0 Å². The fourth-order valence-electron chi connectivity index (χ4n) is 2.51. The summed E-state index contributed by atoms with van der Waals surface area (Å²) in [5.74, 6) is 1.47. The third kappa shape index (κ3) is 2.79. The summed E-state index contributed by atoms with van der Waals surface area (Å²) < 4.78 is 5.47. The molecule has 0 N–H and O–H groups in total. The zero-order valence-corrected chi connectivity index (χ0v) is 15.2. The molecular weight excluding hydrogens is 360 g/mol. The number of nitrogens with zero attached hydrogens (tertiary/aromatic N) is 2. The minimum atomic E-state index is 0.494. The van der Waals surface area contributed by atoms with Crippen molar-refractivity contribution in [1.82, 2.24) is 9.97 Å². The van der Waals surface area contributed by atoms with Gasteiger partial charge < -0.3 is 4.74 Å². The van der Waals surface area contributed by atoms with Crippen molar-refractivity contribution in [3.63, 3.8) is 0 Å². The maximum atomic E-state index is 6.49. The number of thiophene rings is 2. The molecule has 4 rings (SSSR count). The van der Waals surface area contributed by atoms with Crippen LogP contribution in [0.15, 0.2) is 47.2 Å². The first-order chi connectivity index (χ1) is 11.8. The van der Waals surface area contributed by atoms with E-state index in [1.54, 1.807) is 22.7 Å². The second kappa shape index (κ2) is 6.51. The van der Waals surface area contributed by atoms with Crippen LogP contribution < -0.4 is 4.74 Å². The summed E-state index contributed by atoms with van der Waals surface area (Å²) >= 11 is 9.77. The fourth-order valence-corrected chi connectivity index (χ4v) is 4.60. The number of aromatic nitrogens is 2. The molecule has 0 spiro atoms. The molecule has 0 amide bonds. The quantitative estimate of drug-likeness (QED) is 0.403. The van der Waals surface area contributed by atoms with Crippen LogP contribution in [0.2, 0.25) is 5.15 Å². The van der Waals surface area contributed by atoms with Gasteiger partial charge in [-0.05, 0) is 42.6 Å². The Morgan fingerprint density at radius 2 is 1.92 bits per heavy atom. The van der Waals surface area contributed by atoms with E-state index in [0.29, 0.717) is 17.6 Å². The molecule has 0 aliphatic carbocycles. The molecule has 120 valence electrons. The summed E-state index contributed by atoms with van der Waals surface area (Å²) in [7, 11) is 0. The minimum absolute atomic E-state index is 0.494. The third-order valence-electron chi connectivity index (χ3n) is 3.60. The van der Waals surface area contributed by atoms with Gasteiger partial charge in [0.1, 0.15) is 15.7 Å². The Morgan fingerprint density at radius 3 is 2.62 bits per heavy atom. The first kappa shape index (κ1) is 15.6. The predicted molar refractivity (Wildman–Crippen MR) is 102 cm³/mol. The highest BCUT2D eigenvalue weighted by atomic mass is 35.5. The predicted octanol–water partition coefficient (Wildman–Crippen LogP) is 6.14. The van der Waals surface area contributed by atoms with Crippen LogP contribution in [0.4, 0.5) is 0 Å². The van der Waals surface area contributed by atoms with Gasteiger partial charge in [-0.15, -0.1) is 22.7 Å². The molecule has 0 atom stereocenters. The van der Waals surface area contributed by atoms with Crippen molar-refractivity contribution < 1.29 is 4.74 Å². The lowest BCUT2D eigenvalue weighted by atomic mass is 10.2.